The first-order valence-corrected chi connectivity index (χ1v) is 6.00. The molecule has 2 rings (SSSR count). The van der Waals surface area contributed by atoms with E-state index in [1.54, 1.807) is 12.1 Å². The summed E-state index contributed by atoms with van der Waals surface area (Å²) in [6.45, 7) is 2.31. The van der Waals surface area contributed by atoms with E-state index in [0.29, 0.717) is 12.2 Å². The minimum Gasteiger partial charge on any atom is -0.391 e. The van der Waals surface area contributed by atoms with E-state index < -0.39 is 0 Å². The fourth-order valence-electron chi connectivity index (χ4n) is 1.61. The van der Waals surface area contributed by atoms with Gasteiger partial charge in [0.25, 0.3) is 0 Å². The smallest absolute Gasteiger partial charge is 0.142 e. The Hall–Kier alpha value is -2.60. The summed E-state index contributed by atoms with van der Waals surface area (Å²) in [4.78, 5) is 5.31. The van der Waals surface area contributed by atoms with Crippen LogP contribution in [0.15, 0.2) is 59.8 Å². The van der Waals surface area contributed by atoms with Crippen LogP contribution in [0.4, 0.5) is 0 Å². The summed E-state index contributed by atoms with van der Waals surface area (Å²) < 4.78 is 0. The van der Waals surface area contributed by atoms with Crippen LogP contribution >= 0.6 is 0 Å². The normalized spacial score (nSPS) is 10.8. The Kier molecular flexibility index (Phi) is 4.30. The molecular weight excluding hydrogens is 236 g/mol. The quantitative estimate of drug-likeness (QED) is 0.615. The molecular formula is C16H14N2O. The van der Waals surface area contributed by atoms with Crippen molar-refractivity contribution in [3.63, 3.8) is 0 Å². The van der Waals surface area contributed by atoms with Crippen LogP contribution in [0.5, 0.6) is 0 Å². The molecule has 0 spiro atoms. The first-order valence-electron chi connectivity index (χ1n) is 6.00. The minimum atomic E-state index is 0.399. The van der Waals surface area contributed by atoms with Crippen molar-refractivity contribution in [2.45, 2.75) is 13.5 Å². The molecule has 0 fully saturated rings. The Morgan fingerprint density at radius 2 is 1.79 bits per heavy atom. The van der Waals surface area contributed by atoms with Gasteiger partial charge in [-0.15, -0.1) is 0 Å². The molecule has 0 heterocycles. The fourth-order valence-corrected chi connectivity index (χ4v) is 1.61. The Balaban J connectivity index is 1.94. The summed E-state index contributed by atoms with van der Waals surface area (Å²) in [6, 6.07) is 19.2. The van der Waals surface area contributed by atoms with Gasteiger partial charge in [-0.3, -0.25) is 0 Å². The van der Waals surface area contributed by atoms with Gasteiger partial charge in [0.15, 0.2) is 0 Å². The van der Waals surface area contributed by atoms with E-state index in [-0.39, 0.29) is 0 Å². The SMILES string of the molecule is C/C(=N/OCc1ccc(C#N)cc1)c1ccccc1. The highest BCUT2D eigenvalue weighted by atomic mass is 16.6. The molecule has 0 aromatic heterocycles. The third-order valence-electron chi connectivity index (χ3n) is 2.71. The van der Waals surface area contributed by atoms with Crippen LogP contribution in [-0.2, 0) is 11.4 Å². The van der Waals surface area contributed by atoms with E-state index in [0.717, 1.165) is 16.8 Å². The van der Waals surface area contributed by atoms with Crippen LogP contribution in [-0.4, -0.2) is 5.71 Å². The molecule has 19 heavy (non-hydrogen) atoms. The summed E-state index contributed by atoms with van der Waals surface area (Å²) in [5.74, 6) is 0. The van der Waals surface area contributed by atoms with E-state index in [1.807, 2.05) is 49.4 Å². The fraction of sp³-hybridized carbons (Fsp3) is 0.125. The Labute approximate surface area is 112 Å². The van der Waals surface area contributed by atoms with E-state index in [4.69, 9.17) is 10.1 Å². The molecule has 2 aromatic rings. The van der Waals surface area contributed by atoms with Crippen LogP contribution in [0.2, 0.25) is 0 Å². The lowest BCUT2D eigenvalue weighted by Crippen LogP contribution is -1.96. The van der Waals surface area contributed by atoms with Crippen LogP contribution in [0.25, 0.3) is 0 Å². The maximum Gasteiger partial charge on any atom is 0.142 e. The Morgan fingerprint density at radius 3 is 2.42 bits per heavy atom. The van der Waals surface area contributed by atoms with Gasteiger partial charge in [0.2, 0.25) is 0 Å². The first-order chi connectivity index (χ1) is 9.29. The van der Waals surface area contributed by atoms with Gasteiger partial charge in [-0.05, 0) is 30.2 Å². The Morgan fingerprint density at radius 1 is 1.11 bits per heavy atom. The van der Waals surface area contributed by atoms with Crippen LogP contribution in [0.1, 0.15) is 23.6 Å². The molecule has 94 valence electrons. The lowest BCUT2D eigenvalue weighted by Gasteiger charge is -2.02. The number of rotatable bonds is 4. The lowest BCUT2D eigenvalue weighted by atomic mass is 10.1. The molecule has 0 unspecified atom stereocenters. The van der Waals surface area contributed by atoms with Crippen molar-refractivity contribution in [1.29, 1.82) is 5.26 Å². The summed E-state index contributed by atoms with van der Waals surface area (Å²) >= 11 is 0. The second kappa shape index (κ2) is 6.36. The highest BCUT2D eigenvalue weighted by Crippen LogP contribution is 2.06. The number of hydrogen-bond donors (Lipinski definition) is 0. The van der Waals surface area contributed by atoms with Crippen LogP contribution in [0.3, 0.4) is 0 Å². The van der Waals surface area contributed by atoms with Gasteiger partial charge in [-0.1, -0.05) is 47.6 Å². The molecule has 0 aliphatic carbocycles. The standard InChI is InChI=1S/C16H14N2O/c1-13(16-5-3-2-4-6-16)18-19-12-15-9-7-14(11-17)8-10-15/h2-10H,12H2,1H3/b18-13-. The van der Waals surface area contributed by atoms with Crippen molar-refractivity contribution in [1.82, 2.24) is 0 Å². The number of benzene rings is 2. The van der Waals surface area contributed by atoms with Crippen molar-refractivity contribution >= 4 is 5.71 Å². The molecule has 0 saturated heterocycles. The van der Waals surface area contributed by atoms with Gasteiger partial charge >= 0.3 is 0 Å². The van der Waals surface area contributed by atoms with Gasteiger partial charge < -0.3 is 4.84 Å². The van der Waals surface area contributed by atoms with Crippen molar-refractivity contribution < 1.29 is 4.84 Å². The second-order valence-electron chi connectivity index (χ2n) is 4.12. The highest BCUT2D eigenvalue weighted by molar-refractivity contribution is 5.98. The zero-order valence-electron chi connectivity index (χ0n) is 10.7. The lowest BCUT2D eigenvalue weighted by molar-refractivity contribution is 0.130. The molecule has 0 radical (unpaired) electrons. The average Bonchev–Trinajstić information content (AvgIpc) is 2.49. The Bertz CT molecular complexity index is 595. The third kappa shape index (κ3) is 3.68. The van der Waals surface area contributed by atoms with Crippen molar-refractivity contribution in [3.05, 3.63) is 71.3 Å². The van der Waals surface area contributed by atoms with Gasteiger partial charge in [0.05, 0.1) is 17.3 Å². The first kappa shape index (κ1) is 12.8. The number of nitrogens with zero attached hydrogens (tertiary/aromatic N) is 2. The van der Waals surface area contributed by atoms with E-state index in [2.05, 4.69) is 11.2 Å². The summed E-state index contributed by atoms with van der Waals surface area (Å²) in [6.07, 6.45) is 0. The molecule has 0 aliphatic heterocycles. The molecule has 0 aliphatic rings. The molecule has 2 aromatic carbocycles. The summed E-state index contributed by atoms with van der Waals surface area (Å²) in [7, 11) is 0. The third-order valence-corrected chi connectivity index (χ3v) is 2.71. The maximum absolute atomic E-state index is 8.70. The van der Waals surface area contributed by atoms with Crippen LogP contribution in [0, 0.1) is 11.3 Å². The topological polar surface area (TPSA) is 45.4 Å². The molecule has 0 amide bonds. The predicted molar refractivity (Wildman–Crippen MR) is 74.6 cm³/mol. The number of oxime groups is 1. The van der Waals surface area contributed by atoms with E-state index >= 15 is 0 Å². The van der Waals surface area contributed by atoms with Gasteiger partial charge in [0, 0.05) is 0 Å². The van der Waals surface area contributed by atoms with Crippen molar-refractivity contribution in [2.24, 2.45) is 5.16 Å². The van der Waals surface area contributed by atoms with Crippen LogP contribution < -0.4 is 0 Å². The highest BCUT2D eigenvalue weighted by Gasteiger charge is 1.97. The molecule has 0 atom stereocenters. The molecule has 3 heteroatoms. The molecule has 0 saturated carbocycles. The zero-order chi connectivity index (χ0) is 13.5. The van der Waals surface area contributed by atoms with E-state index in [9.17, 15) is 0 Å². The number of hydrogen-bond acceptors (Lipinski definition) is 3. The average molecular weight is 250 g/mol. The zero-order valence-corrected chi connectivity index (χ0v) is 10.7. The largest absolute Gasteiger partial charge is 0.391 e. The monoisotopic (exact) mass is 250 g/mol. The van der Waals surface area contributed by atoms with E-state index in [1.165, 1.54) is 0 Å². The van der Waals surface area contributed by atoms with Crippen molar-refractivity contribution in [2.75, 3.05) is 0 Å². The predicted octanol–water partition coefficient (Wildman–Crippen LogP) is 3.50. The van der Waals surface area contributed by atoms with Gasteiger partial charge in [-0.25, -0.2) is 0 Å². The molecule has 3 nitrogen and oxygen atoms in total. The number of nitriles is 1. The second-order valence-corrected chi connectivity index (χ2v) is 4.12. The van der Waals surface area contributed by atoms with Gasteiger partial charge in [0.1, 0.15) is 6.61 Å². The van der Waals surface area contributed by atoms with Crippen molar-refractivity contribution in [3.8, 4) is 6.07 Å². The molecule has 0 bridgehead atoms. The minimum absolute atomic E-state index is 0.399. The summed E-state index contributed by atoms with van der Waals surface area (Å²) in [5, 5.41) is 12.8. The van der Waals surface area contributed by atoms with Gasteiger partial charge in [-0.2, -0.15) is 5.26 Å². The maximum atomic E-state index is 8.70. The summed E-state index contributed by atoms with van der Waals surface area (Å²) in [5.41, 5.74) is 3.52. The molecule has 0 N–H and O–H groups in total.